The highest BCUT2D eigenvalue weighted by Crippen LogP contribution is 2.15. The number of carbonyl (C=O) groups excluding carboxylic acids is 1. The lowest BCUT2D eigenvalue weighted by Crippen LogP contribution is -2.47. The van der Waals surface area contributed by atoms with Crippen molar-refractivity contribution in [3.63, 3.8) is 0 Å². The van der Waals surface area contributed by atoms with Crippen LogP contribution < -0.4 is 5.32 Å². The number of ether oxygens (including phenoxy) is 1. The molecule has 1 fully saturated rings. The molecule has 0 atom stereocenters. The summed E-state index contributed by atoms with van der Waals surface area (Å²) >= 11 is 0. The first-order chi connectivity index (χ1) is 13.3. The van der Waals surface area contributed by atoms with Crippen LogP contribution in [-0.2, 0) is 27.5 Å². The minimum absolute atomic E-state index is 0. The highest BCUT2D eigenvalue weighted by atomic mass is 35.5. The number of rotatable bonds is 10. The number of aliphatic carboxylic acids is 1. The second-order valence-corrected chi connectivity index (χ2v) is 7.77. The van der Waals surface area contributed by atoms with Crippen LogP contribution in [0.4, 0.5) is 0 Å². The Morgan fingerprint density at radius 3 is 2.34 bits per heavy atom. The normalized spacial score (nSPS) is 15.3. The Morgan fingerprint density at radius 1 is 1.21 bits per heavy atom. The molecule has 0 spiro atoms. The third-order valence-corrected chi connectivity index (χ3v) is 5.03. The van der Waals surface area contributed by atoms with E-state index in [9.17, 15) is 9.59 Å². The highest BCUT2D eigenvalue weighted by molar-refractivity contribution is 5.85. The number of hydrogen-bond acceptors (Lipinski definition) is 5. The maximum Gasteiger partial charge on any atom is 0.317 e. The smallest absolute Gasteiger partial charge is 0.317 e. The van der Waals surface area contributed by atoms with E-state index in [4.69, 9.17) is 9.84 Å². The molecule has 1 aromatic carbocycles. The Hall–Kier alpha value is -1.67. The van der Waals surface area contributed by atoms with Crippen LogP contribution in [0, 0.1) is 0 Å². The second-order valence-electron chi connectivity index (χ2n) is 7.77. The van der Waals surface area contributed by atoms with Crippen molar-refractivity contribution in [1.29, 1.82) is 0 Å². The number of likely N-dealkylation sites (tertiary alicyclic amines) is 1. The lowest BCUT2D eigenvalue weighted by Gasteiger charge is -2.35. The first kappa shape index (κ1) is 25.4. The van der Waals surface area contributed by atoms with Gasteiger partial charge in [0.25, 0.3) is 0 Å². The molecule has 1 heterocycles. The van der Waals surface area contributed by atoms with E-state index in [0.29, 0.717) is 19.7 Å². The summed E-state index contributed by atoms with van der Waals surface area (Å²) in [4.78, 5) is 27.1. The monoisotopic (exact) mass is 427 g/mol. The Kier molecular flexibility index (Phi) is 11.2. The molecule has 2 rings (SSSR count). The Labute approximate surface area is 179 Å². The third kappa shape index (κ3) is 9.58. The van der Waals surface area contributed by atoms with Crippen LogP contribution in [0.5, 0.6) is 0 Å². The number of piperidine rings is 1. The van der Waals surface area contributed by atoms with E-state index in [1.54, 1.807) is 0 Å². The standard InChI is InChI=1S/C21H33N3O4.ClH/c1-16(2)28-15-18-6-4-17(5-7-18)12-22-20(25)13-24-10-8-19(9-11-24)23(3)14-21(26)27;/h4-7,16,19H,8-15H2,1-3H3,(H,22,25)(H,26,27);1H. The van der Waals surface area contributed by atoms with Crippen molar-refractivity contribution in [1.82, 2.24) is 15.1 Å². The van der Waals surface area contributed by atoms with Crippen molar-refractivity contribution in [2.75, 3.05) is 33.2 Å². The molecule has 29 heavy (non-hydrogen) atoms. The van der Waals surface area contributed by atoms with Gasteiger partial charge in [-0.05, 0) is 44.9 Å². The molecule has 0 aliphatic carbocycles. The van der Waals surface area contributed by atoms with Gasteiger partial charge in [-0.1, -0.05) is 24.3 Å². The molecule has 1 aliphatic heterocycles. The van der Waals surface area contributed by atoms with Crippen LogP contribution in [-0.4, -0.2) is 72.2 Å². The number of carboxylic acids is 1. The molecule has 1 amide bonds. The fourth-order valence-corrected chi connectivity index (χ4v) is 3.34. The summed E-state index contributed by atoms with van der Waals surface area (Å²) in [6.45, 7) is 7.22. The van der Waals surface area contributed by atoms with Crippen LogP contribution in [0.1, 0.15) is 37.8 Å². The van der Waals surface area contributed by atoms with Gasteiger partial charge in [-0.3, -0.25) is 19.4 Å². The fraction of sp³-hybridized carbons (Fsp3) is 0.619. The molecular weight excluding hydrogens is 394 g/mol. The van der Waals surface area contributed by atoms with Crippen LogP contribution in [0.15, 0.2) is 24.3 Å². The molecular formula is C21H34ClN3O4. The fourth-order valence-electron chi connectivity index (χ4n) is 3.34. The number of carbonyl (C=O) groups is 2. The van der Waals surface area contributed by atoms with E-state index in [0.717, 1.165) is 37.1 Å². The first-order valence-electron chi connectivity index (χ1n) is 9.94. The van der Waals surface area contributed by atoms with Crippen molar-refractivity contribution in [3.8, 4) is 0 Å². The Morgan fingerprint density at radius 2 is 1.79 bits per heavy atom. The molecule has 2 N–H and O–H groups in total. The number of carboxylic acid groups (broad SMARTS) is 1. The molecule has 1 saturated heterocycles. The largest absolute Gasteiger partial charge is 0.480 e. The van der Waals surface area contributed by atoms with Crippen LogP contribution in [0.2, 0.25) is 0 Å². The van der Waals surface area contributed by atoms with Crippen molar-refractivity contribution in [3.05, 3.63) is 35.4 Å². The Balaban J connectivity index is 0.00000420. The van der Waals surface area contributed by atoms with Gasteiger partial charge in [0.1, 0.15) is 0 Å². The average molecular weight is 428 g/mol. The van der Waals surface area contributed by atoms with Gasteiger partial charge in [-0.2, -0.15) is 0 Å². The van der Waals surface area contributed by atoms with Gasteiger partial charge < -0.3 is 15.2 Å². The summed E-state index contributed by atoms with van der Waals surface area (Å²) < 4.78 is 5.58. The Bertz CT molecular complexity index is 631. The molecule has 0 aromatic heterocycles. The summed E-state index contributed by atoms with van der Waals surface area (Å²) in [5.41, 5.74) is 2.19. The second kappa shape index (κ2) is 12.8. The summed E-state index contributed by atoms with van der Waals surface area (Å²) in [6, 6.07) is 8.37. The molecule has 8 heteroatoms. The predicted molar refractivity (Wildman–Crippen MR) is 115 cm³/mol. The maximum absolute atomic E-state index is 12.2. The van der Waals surface area contributed by atoms with Gasteiger partial charge in [0, 0.05) is 25.7 Å². The molecule has 164 valence electrons. The summed E-state index contributed by atoms with van der Waals surface area (Å²) in [6.07, 6.45) is 1.98. The van der Waals surface area contributed by atoms with Crippen LogP contribution >= 0.6 is 12.4 Å². The minimum Gasteiger partial charge on any atom is -0.480 e. The van der Waals surface area contributed by atoms with Gasteiger partial charge in [0.2, 0.25) is 5.91 Å². The number of halogens is 1. The van der Waals surface area contributed by atoms with Crippen molar-refractivity contribution in [2.24, 2.45) is 0 Å². The van der Waals surface area contributed by atoms with Crippen molar-refractivity contribution >= 4 is 24.3 Å². The zero-order valence-corrected chi connectivity index (χ0v) is 18.4. The quantitative estimate of drug-likeness (QED) is 0.595. The summed E-state index contributed by atoms with van der Waals surface area (Å²) in [7, 11) is 1.85. The van der Waals surface area contributed by atoms with E-state index in [1.165, 1.54) is 0 Å². The molecule has 0 bridgehead atoms. The van der Waals surface area contributed by atoms with Gasteiger partial charge in [0.05, 0.1) is 25.8 Å². The molecule has 0 radical (unpaired) electrons. The van der Waals surface area contributed by atoms with E-state index < -0.39 is 5.97 Å². The molecule has 0 saturated carbocycles. The lowest BCUT2D eigenvalue weighted by molar-refractivity contribution is -0.138. The van der Waals surface area contributed by atoms with E-state index >= 15 is 0 Å². The zero-order valence-electron chi connectivity index (χ0n) is 17.6. The van der Waals surface area contributed by atoms with Gasteiger partial charge in [-0.15, -0.1) is 12.4 Å². The summed E-state index contributed by atoms with van der Waals surface area (Å²) in [5, 5.41) is 11.9. The SMILES string of the molecule is CC(C)OCc1ccc(CNC(=O)CN2CCC(N(C)CC(=O)O)CC2)cc1.Cl. The topological polar surface area (TPSA) is 82.1 Å². The minimum atomic E-state index is -0.801. The van der Waals surface area contributed by atoms with E-state index in [2.05, 4.69) is 10.2 Å². The molecule has 1 aliphatic rings. The number of nitrogens with zero attached hydrogens (tertiary/aromatic N) is 2. The van der Waals surface area contributed by atoms with Crippen molar-refractivity contribution < 1.29 is 19.4 Å². The molecule has 1 aromatic rings. The number of likely N-dealkylation sites (N-methyl/N-ethyl adjacent to an activating group) is 1. The van der Waals surface area contributed by atoms with Crippen LogP contribution in [0.25, 0.3) is 0 Å². The van der Waals surface area contributed by atoms with Crippen molar-refractivity contribution in [2.45, 2.75) is 52.0 Å². The number of nitrogens with one attached hydrogen (secondary N) is 1. The zero-order chi connectivity index (χ0) is 20.5. The lowest BCUT2D eigenvalue weighted by atomic mass is 10.0. The maximum atomic E-state index is 12.2. The van der Waals surface area contributed by atoms with Crippen LogP contribution in [0.3, 0.4) is 0 Å². The predicted octanol–water partition coefficient (Wildman–Crippen LogP) is 2.13. The first-order valence-corrected chi connectivity index (χ1v) is 9.94. The van der Waals surface area contributed by atoms with Gasteiger partial charge in [-0.25, -0.2) is 0 Å². The van der Waals surface area contributed by atoms with E-state index in [1.807, 2.05) is 50.1 Å². The number of amides is 1. The third-order valence-electron chi connectivity index (χ3n) is 5.03. The summed E-state index contributed by atoms with van der Waals surface area (Å²) in [5.74, 6) is -0.783. The molecule has 7 nitrogen and oxygen atoms in total. The number of hydrogen-bond donors (Lipinski definition) is 2. The van der Waals surface area contributed by atoms with Gasteiger partial charge >= 0.3 is 5.97 Å². The number of benzene rings is 1. The average Bonchev–Trinajstić information content (AvgIpc) is 2.65. The molecule has 0 unspecified atom stereocenters. The van der Waals surface area contributed by atoms with Gasteiger partial charge in [0.15, 0.2) is 0 Å². The van der Waals surface area contributed by atoms with E-state index in [-0.39, 0.29) is 37.0 Å². The highest BCUT2D eigenvalue weighted by Gasteiger charge is 2.24.